The molecule has 0 unspecified atom stereocenters. The number of nitrogens with zero attached hydrogens (tertiary/aromatic N) is 2. The van der Waals surface area contributed by atoms with Crippen LogP contribution in [0.15, 0.2) is 23.1 Å². The van der Waals surface area contributed by atoms with Crippen LogP contribution in [0.3, 0.4) is 0 Å². The number of anilines is 1. The Morgan fingerprint density at radius 2 is 1.77 bits per heavy atom. The summed E-state index contributed by atoms with van der Waals surface area (Å²) in [5.74, 6) is -1.05. The SMILES string of the molecule is O=C(COC(=O)c1cc(S(=O)(=O)N2CCCCC2)ccc1N1CCOCC1)NC1CC1. The molecule has 9 nitrogen and oxygen atoms in total. The van der Waals surface area contributed by atoms with E-state index in [4.69, 9.17) is 9.47 Å². The first kappa shape index (κ1) is 22.0. The number of rotatable bonds is 7. The van der Waals surface area contributed by atoms with Crippen LogP contribution in [0.4, 0.5) is 5.69 Å². The maximum Gasteiger partial charge on any atom is 0.340 e. The molecule has 3 aliphatic rings. The molecule has 31 heavy (non-hydrogen) atoms. The average Bonchev–Trinajstić information content (AvgIpc) is 3.62. The molecular formula is C21H29N3O6S. The summed E-state index contributed by atoms with van der Waals surface area (Å²) in [6.07, 6.45) is 4.56. The molecule has 1 aromatic rings. The second kappa shape index (κ2) is 9.54. The fourth-order valence-corrected chi connectivity index (χ4v) is 5.42. The average molecular weight is 452 g/mol. The van der Waals surface area contributed by atoms with Gasteiger partial charge in [-0.2, -0.15) is 4.31 Å². The van der Waals surface area contributed by atoms with Gasteiger partial charge in [-0.1, -0.05) is 6.42 Å². The highest BCUT2D eigenvalue weighted by Crippen LogP contribution is 2.28. The van der Waals surface area contributed by atoms with Crippen LogP contribution in [0.1, 0.15) is 42.5 Å². The van der Waals surface area contributed by atoms with Crippen molar-refractivity contribution >= 4 is 27.6 Å². The molecule has 2 aliphatic heterocycles. The van der Waals surface area contributed by atoms with E-state index in [0.29, 0.717) is 45.1 Å². The van der Waals surface area contributed by atoms with Crippen LogP contribution in [-0.4, -0.2) is 76.6 Å². The lowest BCUT2D eigenvalue weighted by Gasteiger charge is -2.31. The Morgan fingerprint density at radius 1 is 1.06 bits per heavy atom. The van der Waals surface area contributed by atoms with E-state index < -0.39 is 16.0 Å². The van der Waals surface area contributed by atoms with Gasteiger partial charge in [0.25, 0.3) is 5.91 Å². The standard InChI is InChI=1S/C21H29N3O6S/c25-20(22-16-4-5-16)15-30-21(26)18-14-17(31(27,28)24-8-2-1-3-9-24)6-7-19(18)23-10-12-29-13-11-23/h6-7,14,16H,1-5,8-13,15H2,(H,22,25). The quantitative estimate of drug-likeness (QED) is 0.620. The van der Waals surface area contributed by atoms with Crippen molar-refractivity contribution in [2.75, 3.05) is 50.9 Å². The van der Waals surface area contributed by atoms with Gasteiger partial charge in [-0.3, -0.25) is 4.79 Å². The lowest BCUT2D eigenvalue weighted by molar-refractivity contribution is -0.124. The van der Waals surface area contributed by atoms with Crippen molar-refractivity contribution in [2.24, 2.45) is 0 Å². The molecule has 10 heteroatoms. The number of sulfonamides is 1. The summed E-state index contributed by atoms with van der Waals surface area (Å²) in [6.45, 7) is 2.78. The van der Waals surface area contributed by atoms with Gasteiger partial charge in [0, 0.05) is 32.2 Å². The highest BCUT2D eigenvalue weighted by Gasteiger charge is 2.29. The van der Waals surface area contributed by atoms with Crippen LogP contribution in [0.25, 0.3) is 0 Å². The molecule has 2 saturated heterocycles. The van der Waals surface area contributed by atoms with E-state index in [-0.39, 0.29) is 29.0 Å². The Morgan fingerprint density at radius 3 is 2.45 bits per heavy atom. The predicted octanol–water partition coefficient (Wildman–Crippen LogP) is 1.13. The largest absolute Gasteiger partial charge is 0.452 e. The maximum absolute atomic E-state index is 13.1. The number of morpholine rings is 1. The zero-order chi connectivity index (χ0) is 21.8. The van der Waals surface area contributed by atoms with Crippen LogP contribution in [0, 0.1) is 0 Å². The molecular weight excluding hydrogens is 422 g/mol. The van der Waals surface area contributed by atoms with Gasteiger partial charge in [-0.05, 0) is 43.9 Å². The first-order valence-corrected chi connectivity index (χ1v) is 12.3. The maximum atomic E-state index is 13.1. The van der Waals surface area contributed by atoms with Crippen LogP contribution in [-0.2, 0) is 24.3 Å². The van der Waals surface area contributed by atoms with E-state index in [2.05, 4.69) is 5.32 Å². The topological polar surface area (TPSA) is 105 Å². The van der Waals surface area contributed by atoms with E-state index in [0.717, 1.165) is 32.1 Å². The highest BCUT2D eigenvalue weighted by atomic mass is 32.2. The van der Waals surface area contributed by atoms with E-state index in [1.807, 2.05) is 4.90 Å². The number of carbonyl (C=O) groups excluding carboxylic acids is 2. The number of amides is 1. The summed E-state index contributed by atoms with van der Waals surface area (Å²) < 4.78 is 38.3. The molecule has 3 fully saturated rings. The minimum absolute atomic E-state index is 0.0702. The Hall–Kier alpha value is -2.17. The second-order valence-electron chi connectivity index (χ2n) is 8.16. The van der Waals surface area contributed by atoms with E-state index in [1.165, 1.54) is 10.4 Å². The Kier molecular flexibility index (Phi) is 6.78. The number of nitrogens with one attached hydrogen (secondary N) is 1. The molecule has 1 aromatic carbocycles. The zero-order valence-corrected chi connectivity index (χ0v) is 18.4. The summed E-state index contributed by atoms with van der Waals surface area (Å²) >= 11 is 0. The summed E-state index contributed by atoms with van der Waals surface area (Å²) in [6, 6.07) is 4.76. The molecule has 0 radical (unpaired) electrons. The smallest absolute Gasteiger partial charge is 0.340 e. The molecule has 170 valence electrons. The van der Waals surface area contributed by atoms with Crippen LogP contribution in [0.2, 0.25) is 0 Å². The van der Waals surface area contributed by atoms with Crippen LogP contribution in [0.5, 0.6) is 0 Å². The van der Waals surface area contributed by atoms with Crippen LogP contribution < -0.4 is 10.2 Å². The molecule has 2 heterocycles. The molecule has 0 aromatic heterocycles. The number of hydrogen-bond acceptors (Lipinski definition) is 7. The fourth-order valence-electron chi connectivity index (χ4n) is 3.88. The van der Waals surface area contributed by atoms with Crippen molar-refractivity contribution in [3.63, 3.8) is 0 Å². The van der Waals surface area contributed by atoms with Crippen molar-refractivity contribution in [1.29, 1.82) is 0 Å². The lowest BCUT2D eigenvalue weighted by Crippen LogP contribution is -2.38. The Balaban J connectivity index is 1.58. The third-order valence-electron chi connectivity index (χ3n) is 5.77. The van der Waals surface area contributed by atoms with Crippen LogP contribution >= 0.6 is 0 Å². The summed E-state index contributed by atoms with van der Waals surface area (Å²) in [7, 11) is -3.70. The zero-order valence-electron chi connectivity index (χ0n) is 17.5. The Labute approximate surface area is 182 Å². The summed E-state index contributed by atoms with van der Waals surface area (Å²) in [4.78, 5) is 26.9. The molecule has 0 spiro atoms. The molecule has 1 aliphatic carbocycles. The van der Waals surface area contributed by atoms with Crippen molar-refractivity contribution in [1.82, 2.24) is 9.62 Å². The minimum Gasteiger partial charge on any atom is -0.452 e. The van der Waals surface area contributed by atoms with Gasteiger partial charge in [0.15, 0.2) is 6.61 Å². The normalized spacial score (nSPS) is 20.3. The molecule has 1 saturated carbocycles. The third kappa shape index (κ3) is 5.36. The monoisotopic (exact) mass is 451 g/mol. The number of benzene rings is 1. The van der Waals surface area contributed by atoms with Gasteiger partial charge >= 0.3 is 5.97 Å². The Bertz CT molecular complexity index is 919. The molecule has 0 atom stereocenters. The first-order chi connectivity index (χ1) is 14.9. The highest BCUT2D eigenvalue weighted by molar-refractivity contribution is 7.89. The number of carbonyl (C=O) groups is 2. The van der Waals surface area contributed by atoms with Gasteiger partial charge in [-0.25, -0.2) is 13.2 Å². The number of piperidine rings is 1. The second-order valence-corrected chi connectivity index (χ2v) is 10.1. The predicted molar refractivity (Wildman–Crippen MR) is 114 cm³/mol. The number of ether oxygens (including phenoxy) is 2. The third-order valence-corrected chi connectivity index (χ3v) is 7.66. The van der Waals surface area contributed by atoms with Gasteiger partial charge in [-0.15, -0.1) is 0 Å². The summed E-state index contributed by atoms with van der Waals surface area (Å²) in [5.41, 5.74) is 0.743. The number of hydrogen-bond donors (Lipinski definition) is 1. The van der Waals surface area contributed by atoms with Crippen molar-refractivity contribution < 1.29 is 27.5 Å². The van der Waals surface area contributed by atoms with E-state index in [9.17, 15) is 18.0 Å². The summed E-state index contributed by atoms with van der Waals surface area (Å²) in [5, 5.41) is 2.77. The fraction of sp³-hybridized carbons (Fsp3) is 0.619. The van der Waals surface area contributed by atoms with Gasteiger partial charge in [0.05, 0.1) is 29.4 Å². The first-order valence-electron chi connectivity index (χ1n) is 10.9. The van der Waals surface area contributed by atoms with E-state index >= 15 is 0 Å². The molecule has 0 bridgehead atoms. The molecule has 1 N–H and O–H groups in total. The lowest BCUT2D eigenvalue weighted by atomic mass is 10.1. The van der Waals surface area contributed by atoms with Crippen molar-refractivity contribution in [3.8, 4) is 0 Å². The van der Waals surface area contributed by atoms with Gasteiger partial charge < -0.3 is 19.7 Å². The molecule has 1 amide bonds. The van der Waals surface area contributed by atoms with Gasteiger partial charge in [0.2, 0.25) is 10.0 Å². The van der Waals surface area contributed by atoms with Crippen molar-refractivity contribution in [2.45, 2.75) is 43.0 Å². The van der Waals surface area contributed by atoms with Gasteiger partial charge in [0.1, 0.15) is 0 Å². The van der Waals surface area contributed by atoms with E-state index in [1.54, 1.807) is 12.1 Å². The van der Waals surface area contributed by atoms with Crippen molar-refractivity contribution in [3.05, 3.63) is 23.8 Å². The minimum atomic E-state index is -3.70. The molecule has 4 rings (SSSR count). The number of esters is 1.